The lowest BCUT2D eigenvalue weighted by Crippen LogP contribution is -2.29. The van der Waals surface area contributed by atoms with Crippen molar-refractivity contribution in [2.24, 2.45) is 0 Å². The van der Waals surface area contributed by atoms with Gasteiger partial charge in [0.05, 0.1) is 13.7 Å². The summed E-state index contributed by atoms with van der Waals surface area (Å²) in [7, 11) is 1.57. The number of methoxy groups -OCH3 is 1. The molecule has 2 aromatic rings. The molecule has 0 saturated heterocycles. The van der Waals surface area contributed by atoms with Crippen molar-refractivity contribution in [1.82, 2.24) is 4.90 Å². The fraction of sp³-hybridized carbons (Fsp3) is 0.263. The zero-order valence-electron chi connectivity index (χ0n) is 14.4. The van der Waals surface area contributed by atoms with E-state index in [0.29, 0.717) is 35.7 Å². The van der Waals surface area contributed by atoms with Crippen molar-refractivity contribution in [3.63, 3.8) is 0 Å². The van der Waals surface area contributed by atoms with Gasteiger partial charge in [0, 0.05) is 23.4 Å². The van der Waals surface area contributed by atoms with Crippen molar-refractivity contribution in [2.75, 3.05) is 25.9 Å². The molecule has 3 N–H and O–H groups in total. The minimum atomic E-state index is -0.897. The normalized spacial score (nSPS) is 10.7. The number of hydrogen-bond donors (Lipinski definition) is 2. The molecule has 0 heterocycles. The predicted octanol–water partition coefficient (Wildman–Crippen LogP) is 2.41. The SMILES string of the molecule is CCN(CC(=O)O)Cc1cc(C(=O)c2ccc(OC)cc2)ccc1N. The van der Waals surface area contributed by atoms with Crippen LogP contribution in [-0.4, -0.2) is 42.0 Å². The Balaban J connectivity index is 2.24. The van der Waals surface area contributed by atoms with Gasteiger partial charge in [-0.1, -0.05) is 6.92 Å². The molecule has 0 radical (unpaired) electrons. The van der Waals surface area contributed by atoms with Crippen LogP contribution in [0.25, 0.3) is 0 Å². The van der Waals surface area contributed by atoms with Gasteiger partial charge in [0.1, 0.15) is 5.75 Å². The van der Waals surface area contributed by atoms with Gasteiger partial charge < -0.3 is 15.6 Å². The van der Waals surface area contributed by atoms with Gasteiger partial charge >= 0.3 is 5.97 Å². The number of ketones is 1. The van der Waals surface area contributed by atoms with Crippen LogP contribution in [-0.2, 0) is 11.3 Å². The lowest BCUT2D eigenvalue weighted by atomic mass is 10.00. The summed E-state index contributed by atoms with van der Waals surface area (Å²) in [6.45, 7) is 2.75. The molecular formula is C19H22N2O4. The molecule has 0 unspecified atom stereocenters. The monoisotopic (exact) mass is 342 g/mol. The van der Waals surface area contributed by atoms with E-state index in [1.165, 1.54) is 0 Å². The summed E-state index contributed by atoms with van der Waals surface area (Å²) < 4.78 is 5.10. The smallest absolute Gasteiger partial charge is 0.317 e. The minimum absolute atomic E-state index is 0.0768. The highest BCUT2D eigenvalue weighted by Crippen LogP contribution is 2.20. The molecule has 0 aliphatic carbocycles. The topological polar surface area (TPSA) is 92.9 Å². The largest absolute Gasteiger partial charge is 0.497 e. The molecule has 6 nitrogen and oxygen atoms in total. The molecule has 2 aromatic carbocycles. The van der Waals surface area contributed by atoms with Gasteiger partial charge in [0.25, 0.3) is 0 Å². The maximum absolute atomic E-state index is 12.7. The number of hydrogen-bond acceptors (Lipinski definition) is 5. The van der Waals surface area contributed by atoms with E-state index in [4.69, 9.17) is 15.6 Å². The van der Waals surface area contributed by atoms with Gasteiger partial charge in [-0.25, -0.2) is 0 Å². The first-order valence-corrected chi connectivity index (χ1v) is 7.96. The first-order valence-electron chi connectivity index (χ1n) is 7.96. The van der Waals surface area contributed by atoms with E-state index in [2.05, 4.69) is 0 Å². The molecule has 2 rings (SSSR count). The third-order valence-corrected chi connectivity index (χ3v) is 3.96. The Labute approximate surface area is 146 Å². The van der Waals surface area contributed by atoms with Crippen molar-refractivity contribution in [2.45, 2.75) is 13.5 Å². The second-order valence-corrected chi connectivity index (χ2v) is 5.67. The van der Waals surface area contributed by atoms with E-state index in [0.717, 1.165) is 5.56 Å². The standard InChI is InChI=1S/C19H22N2O4/c1-3-21(12-18(22)23)11-15-10-14(6-9-17(15)20)19(24)13-4-7-16(25-2)8-5-13/h4-10H,3,11-12,20H2,1-2H3,(H,22,23). The van der Waals surface area contributed by atoms with Crippen LogP contribution in [0.1, 0.15) is 28.4 Å². The molecule has 0 fully saturated rings. The van der Waals surface area contributed by atoms with Gasteiger partial charge in [-0.3, -0.25) is 14.5 Å². The van der Waals surface area contributed by atoms with Crippen LogP contribution < -0.4 is 10.5 Å². The maximum atomic E-state index is 12.7. The van der Waals surface area contributed by atoms with E-state index in [1.807, 2.05) is 6.92 Å². The first kappa shape index (κ1) is 18.5. The van der Waals surface area contributed by atoms with Gasteiger partial charge in [-0.15, -0.1) is 0 Å². The summed E-state index contributed by atoms with van der Waals surface area (Å²) >= 11 is 0. The predicted molar refractivity (Wildman–Crippen MR) is 95.9 cm³/mol. The Morgan fingerprint density at radius 3 is 2.32 bits per heavy atom. The summed E-state index contributed by atoms with van der Waals surface area (Å²) in [5.41, 5.74) is 8.34. The number of ether oxygens (including phenoxy) is 1. The lowest BCUT2D eigenvalue weighted by Gasteiger charge is -2.19. The highest BCUT2D eigenvalue weighted by molar-refractivity contribution is 6.09. The highest BCUT2D eigenvalue weighted by Gasteiger charge is 2.14. The first-order chi connectivity index (χ1) is 11.9. The van der Waals surface area contributed by atoms with E-state index in [1.54, 1.807) is 54.5 Å². The Morgan fingerprint density at radius 1 is 1.12 bits per heavy atom. The van der Waals surface area contributed by atoms with Crippen molar-refractivity contribution >= 4 is 17.4 Å². The fourth-order valence-corrected chi connectivity index (χ4v) is 2.50. The molecule has 6 heteroatoms. The van der Waals surface area contributed by atoms with Crippen molar-refractivity contribution in [1.29, 1.82) is 0 Å². The third-order valence-electron chi connectivity index (χ3n) is 3.96. The third kappa shape index (κ3) is 4.81. The summed E-state index contributed by atoms with van der Waals surface area (Å²) in [6.07, 6.45) is 0. The molecule has 0 saturated carbocycles. The minimum Gasteiger partial charge on any atom is -0.497 e. The number of carboxylic acids is 1. The van der Waals surface area contributed by atoms with Crippen LogP contribution in [0.15, 0.2) is 42.5 Å². The number of likely N-dealkylation sites (N-methyl/N-ethyl adjacent to an activating group) is 1. The molecule has 0 aliphatic heterocycles. The number of carbonyl (C=O) groups excluding carboxylic acids is 1. The van der Waals surface area contributed by atoms with Gasteiger partial charge in [0.2, 0.25) is 0 Å². The molecule has 0 aromatic heterocycles. The quantitative estimate of drug-likeness (QED) is 0.565. The van der Waals surface area contributed by atoms with Crippen LogP contribution in [0.4, 0.5) is 5.69 Å². The second kappa shape index (κ2) is 8.30. The number of rotatable bonds is 8. The van der Waals surface area contributed by atoms with Crippen LogP contribution in [0.3, 0.4) is 0 Å². The Hall–Kier alpha value is -2.86. The lowest BCUT2D eigenvalue weighted by molar-refractivity contribution is -0.138. The van der Waals surface area contributed by atoms with Gasteiger partial charge in [-0.2, -0.15) is 0 Å². The van der Waals surface area contributed by atoms with Gasteiger partial charge in [0.15, 0.2) is 5.78 Å². The number of anilines is 1. The molecule has 0 bridgehead atoms. The second-order valence-electron chi connectivity index (χ2n) is 5.67. The number of nitrogens with zero attached hydrogens (tertiary/aromatic N) is 1. The van der Waals surface area contributed by atoms with E-state index < -0.39 is 5.97 Å². The number of aliphatic carboxylic acids is 1. The average Bonchev–Trinajstić information content (AvgIpc) is 2.62. The van der Waals surface area contributed by atoms with Crippen LogP contribution in [0, 0.1) is 0 Å². The van der Waals surface area contributed by atoms with Crippen molar-refractivity contribution in [3.05, 3.63) is 59.2 Å². The van der Waals surface area contributed by atoms with Gasteiger partial charge in [-0.05, 0) is 54.6 Å². The molecular weight excluding hydrogens is 320 g/mol. The molecule has 0 spiro atoms. The van der Waals surface area contributed by atoms with E-state index >= 15 is 0 Å². The molecule has 0 atom stereocenters. The Morgan fingerprint density at radius 2 is 1.76 bits per heavy atom. The highest BCUT2D eigenvalue weighted by atomic mass is 16.5. The Bertz CT molecular complexity index is 757. The zero-order chi connectivity index (χ0) is 18.4. The van der Waals surface area contributed by atoms with Crippen molar-refractivity contribution < 1.29 is 19.4 Å². The number of carbonyl (C=O) groups is 2. The number of benzene rings is 2. The number of nitrogen functional groups attached to an aromatic ring is 1. The van der Waals surface area contributed by atoms with E-state index in [-0.39, 0.29) is 12.3 Å². The molecule has 0 aliphatic rings. The number of nitrogens with two attached hydrogens (primary N) is 1. The maximum Gasteiger partial charge on any atom is 0.317 e. The summed E-state index contributed by atoms with van der Waals surface area (Å²) in [6, 6.07) is 12.0. The van der Waals surface area contributed by atoms with Crippen LogP contribution >= 0.6 is 0 Å². The summed E-state index contributed by atoms with van der Waals surface area (Å²) in [5, 5.41) is 8.96. The van der Waals surface area contributed by atoms with Crippen molar-refractivity contribution in [3.8, 4) is 5.75 Å². The molecule has 132 valence electrons. The number of carboxylic acid groups (broad SMARTS) is 1. The fourth-order valence-electron chi connectivity index (χ4n) is 2.50. The summed E-state index contributed by atoms with van der Waals surface area (Å²) in [4.78, 5) is 25.3. The van der Waals surface area contributed by atoms with Crippen LogP contribution in [0.5, 0.6) is 5.75 Å². The molecule has 0 amide bonds. The Kier molecular flexibility index (Phi) is 6.14. The van der Waals surface area contributed by atoms with Crippen LogP contribution in [0.2, 0.25) is 0 Å². The zero-order valence-corrected chi connectivity index (χ0v) is 14.4. The average molecular weight is 342 g/mol. The summed E-state index contributed by atoms with van der Waals surface area (Å²) in [5.74, 6) is -0.335. The molecule has 25 heavy (non-hydrogen) atoms. The van der Waals surface area contributed by atoms with E-state index in [9.17, 15) is 9.59 Å².